The fourth-order valence-electron chi connectivity index (χ4n) is 3.70. The highest BCUT2D eigenvalue weighted by atomic mass is 32.2. The second-order valence-electron chi connectivity index (χ2n) is 8.81. The Hall–Kier alpha value is -2.09. The van der Waals surface area contributed by atoms with Gasteiger partial charge in [-0.3, -0.25) is 4.90 Å². The van der Waals surface area contributed by atoms with Crippen LogP contribution in [0.5, 0.6) is 11.5 Å². The average Bonchev–Trinajstić information content (AvgIpc) is 2.71. The third-order valence-electron chi connectivity index (χ3n) is 5.66. The molecule has 0 bridgehead atoms. The Balaban J connectivity index is 1.80. The van der Waals surface area contributed by atoms with E-state index in [0.717, 1.165) is 19.5 Å². The van der Waals surface area contributed by atoms with Crippen LogP contribution in [0.15, 0.2) is 47.4 Å². The van der Waals surface area contributed by atoms with Gasteiger partial charge in [-0.05, 0) is 35.1 Å². The second kappa shape index (κ2) is 8.96. The molecular formula is C23H32N2O4S. The summed E-state index contributed by atoms with van der Waals surface area (Å²) < 4.78 is 39.8. The predicted octanol–water partition coefficient (Wildman–Crippen LogP) is 3.46. The van der Waals surface area contributed by atoms with Crippen LogP contribution in [0.25, 0.3) is 0 Å². The van der Waals surface area contributed by atoms with Crippen molar-refractivity contribution in [2.24, 2.45) is 5.41 Å². The maximum Gasteiger partial charge on any atom is 0.241 e. The van der Waals surface area contributed by atoms with Crippen LogP contribution in [0.2, 0.25) is 0 Å². The number of fused-ring (bicyclic) bond motifs is 1. The Morgan fingerprint density at radius 1 is 1.03 bits per heavy atom. The molecule has 0 fully saturated rings. The van der Waals surface area contributed by atoms with Gasteiger partial charge in [-0.2, -0.15) is 0 Å². The highest BCUT2D eigenvalue weighted by Crippen LogP contribution is 2.30. The number of hydrogen-bond acceptors (Lipinski definition) is 5. The van der Waals surface area contributed by atoms with Crippen molar-refractivity contribution in [2.75, 3.05) is 27.3 Å². The average molecular weight is 433 g/mol. The summed E-state index contributed by atoms with van der Waals surface area (Å²) in [5.74, 6) is 0.885. The lowest BCUT2D eigenvalue weighted by atomic mass is 9.86. The van der Waals surface area contributed by atoms with Crippen molar-refractivity contribution in [1.29, 1.82) is 0 Å². The summed E-state index contributed by atoms with van der Waals surface area (Å²) in [5.41, 5.74) is 2.45. The van der Waals surface area contributed by atoms with Gasteiger partial charge in [0.2, 0.25) is 10.0 Å². The van der Waals surface area contributed by atoms with Crippen molar-refractivity contribution in [1.82, 2.24) is 9.62 Å². The smallest absolute Gasteiger partial charge is 0.241 e. The molecule has 0 amide bonds. The number of rotatable bonds is 7. The zero-order valence-electron chi connectivity index (χ0n) is 18.4. The molecule has 0 aliphatic carbocycles. The molecule has 30 heavy (non-hydrogen) atoms. The fraction of sp³-hybridized carbons (Fsp3) is 0.478. The summed E-state index contributed by atoms with van der Waals surface area (Å²) in [7, 11) is -0.705. The standard InChI is InChI=1S/C23H32N2O4S/c1-23(2,3)22(16-25-13-12-17-8-6-7-9-18(17)15-25)24-30(26,27)19-10-11-20(28-4)21(14-19)29-5/h6-11,14,22,24H,12-13,15-16H2,1-5H3/t22-/m1/s1. The van der Waals surface area contributed by atoms with Crippen LogP contribution in [0.1, 0.15) is 31.9 Å². The van der Waals surface area contributed by atoms with E-state index in [4.69, 9.17) is 9.47 Å². The lowest BCUT2D eigenvalue weighted by Crippen LogP contribution is -2.51. The predicted molar refractivity (Wildman–Crippen MR) is 119 cm³/mol. The number of ether oxygens (including phenoxy) is 2. The van der Waals surface area contributed by atoms with Crippen LogP contribution in [0, 0.1) is 5.41 Å². The van der Waals surface area contributed by atoms with Crippen molar-refractivity contribution < 1.29 is 17.9 Å². The number of nitrogens with one attached hydrogen (secondary N) is 1. The Morgan fingerprint density at radius 3 is 2.33 bits per heavy atom. The summed E-state index contributed by atoms with van der Waals surface area (Å²) >= 11 is 0. The molecule has 164 valence electrons. The number of methoxy groups -OCH3 is 2. The van der Waals surface area contributed by atoms with E-state index in [1.54, 1.807) is 12.1 Å². The number of nitrogens with zero attached hydrogens (tertiary/aromatic N) is 1. The van der Waals surface area contributed by atoms with Gasteiger partial charge in [0.1, 0.15) is 0 Å². The van der Waals surface area contributed by atoms with Crippen molar-refractivity contribution in [3.8, 4) is 11.5 Å². The number of sulfonamides is 1. The first-order valence-electron chi connectivity index (χ1n) is 10.2. The number of hydrogen-bond donors (Lipinski definition) is 1. The first kappa shape index (κ1) is 22.6. The summed E-state index contributed by atoms with van der Waals surface area (Å²) in [6.07, 6.45) is 0.982. The van der Waals surface area contributed by atoms with Gasteiger partial charge in [-0.15, -0.1) is 0 Å². The molecular weight excluding hydrogens is 400 g/mol. The SMILES string of the molecule is COc1ccc(S(=O)(=O)N[C@H](CN2CCc3ccccc3C2)C(C)(C)C)cc1OC. The maximum absolute atomic E-state index is 13.2. The molecule has 0 spiro atoms. The van der Waals surface area contributed by atoms with Crippen molar-refractivity contribution in [3.63, 3.8) is 0 Å². The molecule has 1 aliphatic rings. The minimum Gasteiger partial charge on any atom is -0.493 e. The monoisotopic (exact) mass is 432 g/mol. The van der Waals surface area contributed by atoms with Crippen molar-refractivity contribution >= 4 is 10.0 Å². The zero-order chi connectivity index (χ0) is 21.9. The van der Waals surface area contributed by atoms with Gasteiger partial charge in [-0.25, -0.2) is 13.1 Å². The fourth-order valence-corrected chi connectivity index (χ4v) is 5.14. The molecule has 0 aromatic heterocycles. The molecule has 0 saturated carbocycles. The zero-order valence-corrected chi connectivity index (χ0v) is 19.3. The van der Waals surface area contributed by atoms with Crippen molar-refractivity contribution in [3.05, 3.63) is 53.6 Å². The van der Waals surface area contributed by atoms with E-state index in [0.29, 0.717) is 18.0 Å². The van der Waals surface area contributed by atoms with Crippen LogP contribution >= 0.6 is 0 Å². The molecule has 7 heteroatoms. The topological polar surface area (TPSA) is 67.9 Å². The highest BCUT2D eigenvalue weighted by molar-refractivity contribution is 7.89. The Morgan fingerprint density at radius 2 is 1.70 bits per heavy atom. The van der Waals surface area contributed by atoms with Crippen LogP contribution in [-0.4, -0.2) is 46.7 Å². The van der Waals surface area contributed by atoms with Gasteiger partial charge in [0.05, 0.1) is 19.1 Å². The quantitative estimate of drug-likeness (QED) is 0.726. The molecule has 0 saturated heterocycles. The molecule has 0 unspecified atom stereocenters. The van der Waals surface area contributed by atoms with Crippen molar-refractivity contribution in [2.45, 2.75) is 44.7 Å². The van der Waals surface area contributed by atoms with Gasteiger partial charge in [-0.1, -0.05) is 45.0 Å². The first-order chi connectivity index (χ1) is 14.1. The third kappa shape index (κ3) is 5.14. The number of benzene rings is 2. The van der Waals surface area contributed by atoms with E-state index in [-0.39, 0.29) is 16.4 Å². The minimum atomic E-state index is -3.72. The Bertz CT molecular complexity index is 983. The van der Waals surface area contributed by atoms with Crippen LogP contribution in [-0.2, 0) is 23.0 Å². The molecule has 6 nitrogen and oxygen atoms in total. The van der Waals surface area contributed by atoms with Gasteiger partial charge in [0, 0.05) is 31.7 Å². The van der Waals surface area contributed by atoms with E-state index in [1.165, 1.54) is 31.4 Å². The summed E-state index contributed by atoms with van der Waals surface area (Å²) in [6.45, 7) is 8.58. The lowest BCUT2D eigenvalue weighted by Gasteiger charge is -2.37. The Labute approximate surface area is 180 Å². The normalized spacial score (nSPS) is 16.0. The summed E-state index contributed by atoms with van der Waals surface area (Å²) in [5, 5.41) is 0. The molecule has 1 N–H and O–H groups in total. The van der Waals surface area contributed by atoms with Crippen LogP contribution in [0.3, 0.4) is 0 Å². The minimum absolute atomic E-state index is 0.165. The summed E-state index contributed by atoms with van der Waals surface area (Å²) in [6, 6.07) is 12.9. The van der Waals surface area contributed by atoms with E-state index < -0.39 is 10.0 Å². The van der Waals surface area contributed by atoms with Gasteiger partial charge in [0.25, 0.3) is 0 Å². The first-order valence-corrected chi connectivity index (χ1v) is 11.7. The largest absolute Gasteiger partial charge is 0.493 e. The lowest BCUT2D eigenvalue weighted by molar-refractivity contribution is 0.176. The van der Waals surface area contributed by atoms with Crippen LogP contribution < -0.4 is 14.2 Å². The van der Waals surface area contributed by atoms with E-state index >= 15 is 0 Å². The molecule has 1 aliphatic heterocycles. The van der Waals surface area contributed by atoms with Gasteiger partial charge < -0.3 is 9.47 Å². The maximum atomic E-state index is 13.2. The molecule has 1 atom stereocenters. The highest BCUT2D eigenvalue weighted by Gasteiger charge is 2.32. The van der Waals surface area contributed by atoms with Crippen LogP contribution in [0.4, 0.5) is 0 Å². The second-order valence-corrected chi connectivity index (χ2v) is 10.5. The van der Waals surface area contributed by atoms with E-state index in [9.17, 15) is 8.42 Å². The third-order valence-corrected chi connectivity index (χ3v) is 7.13. The Kier molecular flexibility index (Phi) is 6.75. The molecule has 2 aromatic carbocycles. The van der Waals surface area contributed by atoms with E-state index in [2.05, 4.69) is 54.7 Å². The van der Waals surface area contributed by atoms with E-state index in [1.807, 2.05) is 0 Å². The molecule has 2 aromatic rings. The molecule has 3 rings (SSSR count). The molecule has 1 heterocycles. The van der Waals surface area contributed by atoms with Gasteiger partial charge in [0.15, 0.2) is 11.5 Å². The summed E-state index contributed by atoms with van der Waals surface area (Å²) in [4.78, 5) is 2.49. The molecule has 0 radical (unpaired) electrons. The van der Waals surface area contributed by atoms with Gasteiger partial charge >= 0.3 is 0 Å².